The van der Waals surface area contributed by atoms with Gasteiger partial charge in [-0.25, -0.2) is 15.8 Å². The zero-order valence-corrected chi connectivity index (χ0v) is 12.3. The predicted octanol–water partition coefficient (Wildman–Crippen LogP) is 1.06. The molecule has 18 heavy (non-hydrogen) atoms. The highest BCUT2D eigenvalue weighted by Gasteiger charge is 2.28. The number of halogens is 1. The summed E-state index contributed by atoms with van der Waals surface area (Å²) in [6.07, 6.45) is 3.93. The van der Waals surface area contributed by atoms with Gasteiger partial charge in [0.25, 0.3) is 0 Å². The summed E-state index contributed by atoms with van der Waals surface area (Å²) in [6.45, 7) is 2.06. The number of nitrogen functional groups attached to an aromatic ring is 1. The molecule has 2 heterocycles. The van der Waals surface area contributed by atoms with Crippen molar-refractivity contribution in [3.8, 4) is 0 Å². The number of anilines is 2. The third kappa shape index (κ3) is 2.73. The van der Waals surface area contributed by atoms with Crippen LogP contribution in [0.2, 0.25) is 0 Å². The molecule has 6 nitrogen and oxygen atoms in total. The van der Waals surface area contributed by atoms with Crippen molar-refractivity contribution < 1.29 is 0 Å². The van der Waals surface area contributed by atoms with Crippen molar-refractivity contribution in [2.24, 2.45) is 5.84 Å². The average molecular weight is 315 g/mol. The molecule has 1 unspecified atom stereocenters. The largest absolute Gasteiger partial charge is 0.351 e. The van der Waals surface area contributed by atoms with Gasteiger partial charge in [0, 0.05) is 19.1 Å². The van der Waals surface area contributed by atoms with Gasteiger partial charge in [-0.15, -0.1) is 0 Å². The molecule has 0 radical (unpaired) electrons. The molecule has 1 aliphatic rings. The fraction of sp³-hybridized carbons (Fsp3) is 0.636. The Hall–Kier alpha value is -0.920. The van der Waals surface area contributed by atoms with E-state index in [4.69, 9.17) is 5.84 Å². The summed E-state index contributed by atoms with van der Waals surface area (Å²) in [6, 6.07) is 0.497. The molecule has 1 fully saturated rings. The number of hydrogen-bond acceptors (Lipinski definition) is 6. The first kappa shape index (κ1) is 13.5. The van der Waals surface area contributed by atoms with Crippen LogP contribution in [0.3, 0.4) is 0 Å². The second-order valence-electron chi connectivity index (χ2n) is 4.76. The Morgan fingerprint density at radius 2 is 2.33 bits per heavy atom. The predicted molar refractivity (Wildman–Crippen MR) is 76.5 cm³/mol. The number of rotatable bonds is 4. The first-order chi connectivity index (χ1) is 8.63. The molecule has 0 aromatic carbocycles. The van der Waals surface area contributed by atoms with E-state index in [9.17, 15) is 0 Å². The van der Waals surface area contributed by atoms with Crippen molar-refractivity contribution in [1.82, 2.24) is 14.9 Å². The molecule has 2 rings (SSSR count). The van der Waals surface area contributed by atoms with Crippen LogP contribution >= 0.6 is 15.9 Å². The lowest BCUT2D eigenvalue weighted by atomic mass is 10.2. The minimum absolute atomic E-state index is 0.497. The maximum absolute atomic E-state index is 5.44. The van der Waals surface area contributed by atoms with Crippen LogP contribution in [-0.2, 0) is 0 Å². The normalized spacial score (nSPS) is 19.6. The molecule has 0 bridgehead atoms. The first-order valence-corrected chi connectivity index (χ1v) is 6.81. The molecule has 1 aromatic heterocycles. The SMILES string of the molecule is CN(C)CC1CCCN1c1ncnc(NN)c1Br. The van der Waals surface area contributed by atoms with Gasteiger partial charge in [0.2, 0.25) is 0 Å². The van der Waals surface area contributed by atoms with Gasteiger partial charge in [0.05, 0.1) is 0 Å². The van der Waals surface area contributed by atoms with Crippen LogP contribution in [0.1, 0.15) is 12.8 Å². The molecule has 1 aliphatic heterocycles. The number of hydrazine groups is 1. The number of nitrogens with one attached hydrogen (secondary N) is 1. The van der Waals surface area contributed by atoms with Crippen LogP contribution in [0.4, 0.5) is 11.6 Å². The molecule has 0 amide bonds. The number of hydrogen-bond donors (Lipinski definition) is 2. The lowest BCUT2D eigenvalue weighted by molar-refractivity contribution is 0.371. The highest BCUT2D eigenvalue weighted by molar-refractivity contribution is 9.10. The highest BCUT2D eigenvalue weighted by atomic mass is 79.9. The Kier molecular flexibility index (Phi) is 4.36. The van der Waals surface area contributed by atoms with E-state index < -0.39 is 0 Å². The van der Waals surface area contributed by atoms with Crippen molar-refractivity contribution in [3.05, 3.63) is 10.8 Å². The molecule has 1 atom stereocenters. The van der Waals surface area contributed by atoms with Crippen LogP contribution in [0, 0.1) is 0 Å². The van der Waals surface area contributed by atoms with Gasteiger partial charge >= 0.3 is 0 Å². The van der Waals surface area contributed by atoms with Gasteiger partial charge in [0.15, 0.2) is 5.82 Å². The Balaban J connectivity index is 2.24. The average Bonchev–Trinajstić information content (AvgIpc) is 2.76. The van der Waals surface area contributed by atoms with Gasteiger partial charge in [-0.2, -0.15) is 0 Å². The summed E-state index contributed by atoms with van der Waals surface area (Å²) in [5, 5.41) is 0. The quantitative estimate of drug-likeness (QED) is 0.639. The van der Waals surface area contributed by atoms with Crippen LogP contribution < -0.4 is 16.2 Å². The van der Waals surface area contributed by atoms with Gasteiger partial charge in [-0.3, -0.25) is 0 Å². The van der Waals surface area contributed by atoms with Crippen LogP contribution in [0.5, 0.6) is 0 Å². The fourth-order valence-electron chi connectivity index (χ4n) is 2.39. The van der Waals surface area contributed by atoms with E-state index in [2.05, 4.69) is 55.2 Å². The minimum atomic E-state index is 0.497. The third-order valence-electron chi connectivity index (χ3n) is 3.13. The molecule has 0 saturated carbocycles. The van der Waals surface area contributed by atoms with Crippen molar-refractivity contribution >= 4 is 27.6 Å². The second-order valence-corrected chi connectivity index (χ2v) is 5.55. The standard InChI is InChI=1S/C11H19BrN6/c1-17(2)6-8-4-3-5-18(8)11-9(12)10(16-13)14-7-15-11/h7-8H,3-6,13H2,1-2H3,(H,14,15,16). The summed E-state index contributed by atoms with van der Waals surface area (Å²) in [5.74, 6) is 6.98. The van der Waals surface area contributed by atoms with Gasteiger partial charge in [0.1, 0.15) is 16.6 Å². The minimum Gasteiger partial charge on any atom is -0.351 e. The molecule has 1 aromatic rings. The molecule has 1 saturated heterocycles. The second kappa shape index (κ2) is 5.81. The number of nitrogens with two attached hydrogens (primary N) is 1. The smallest absolute Gasteiger partial charge is 0.159 e. The van der Waals surface area contributed by atoms with Crippen LogP contribution in [-0.4, -0.2) is 48.1 Å². The lowest BCUT2D eigenvalue weighted by Crippen LogP contribution is -2.38. The van der Waals surface area contributed by atoms with E-state index in [1.54, 1.807) is 6.33 Å². The van der Waals surface area contributed by atoms with Crippen molar-refractivity contribution in [3.63, 3.8) is 0 Å². The Labute approximate surface area is 116 Å². The van der Waals surface area contributed by atoms with Crippen LogP contribution in [0.15, 0.2) is 10.8 Å². The zero-order valence-electron chi connectivity index (χ0n) is 10.7. The molecule has 3 N–H and O–H groups in total. The van der Waals surface area contributed by atoms with Crippen molar-refractivity contribution in [2.45, 2.75) is 18.9 Å². The summed E-state index contributed by atoms with van der Waals surface area (Å²) < 4.78 is 0.832. The molecule has 7 heteroatoms. The first-order valence-electron chi connectivity index (χ1n) is 6.02. The summed E-state index contributed by atoms with van der Waals surface area (Å²) in [7, 11) is 4.19. The fourth-order valence-corrected chi connectivity index (χ4v) is 2.93. The molecule has 100 valence electrons. The van der Waals surface area contributed by atoms with Crippen molar-refractivity contribution in [2.75, 3.05) is 37.5 Å². The Bertz CT molecular complexity index is 411. The van der Waals surface area contributed by atoms with E-state index in [0.717, 1.165) is 23.4 Å². The van der Waals surface area contributed by atoms with Crippen LogP contribution in [0.25, 0.3) is 0 Å². The lowest BCUT2D eigenvalue weighted by Gasteiger charge is -2.28. The molecular formula is C11H19BrN6. The molecule has 0 spiro atoms. The van der Waals surface area contributed by atoms with Crippen molar-refractivity contribution in [1.29, 1.82) is 0 Å². The van der Waals surface area contributed by atoms with E-state index in [1.165, 1.54) is 12.8 Å². The summed E-state index contributed by atoms with van der Waals surface area (Å²) in [4.78, 5) is 13.0. The van der Waals surface area contributed by atoms with Gasteiger partial charge in [-0.1, -0.05) is 0 Å². The van der Waals surface area contributed by atoms with E-state index >= 15 is 0 Å². The number of aromatic nitrogens is 2. The number of likely N-dealkylation sites (N-methyl/N-ethyl adjacent to an activating group) is 1. The molecule has 0 aliphatic carbocycles. The van der Waals surface area contributed by atoms with Gasteiger partial charge < -0.3 is 15.2 Å². The summed E-state index contributed by atoms with van der Waals surface area (Å²) >= 11 is 3.52. The Morgan fingerprint density at radius 3 is 3.00 bits per heavy atom. The van der Waals surface area contributed by atoms with E-state index in [1.807, 2.05) is 0 Å². The monoisotopic (exact) mass is 314 g/mol. The maximum atomic E-state index is 5.44. The Morgan fingerprint density at radius 1 is 1.56 bits per heavy atom. The summed E-state index contributed by atoms with van der Waals surface area (Å²) in [5.41, 5.74) is 2.58. The van der Waals surface area contributed by atoms with Gasteiger partial charge in [-0.05, 0) is 42.9 Å². The molecular weight excluding hydrogens is 296 g/mol. The zero-order chi connectivity index (χ0) is 13.1. The number of nitrogens with zero attached hydrogens (tertiary/aromatic N) is 4. The topological polar surface area (TPSA) is 70.3 Å². The van der Waals surface area contributed by atoms with E-state index in [-0.39, 0.29) is 0 Å². The highest BCUT2D eigenvalue weighted by Crippen LogP contribution is 2.33. The third-order valence-corrected chi connectivity index (χ3v) is 3.86. The maximum Gasteiger partial charge on any atom is 0.159 e. The van der Waals surface area contributed by atoms with E-state index in [0.29, 0.717) is 11.9 Å².